The van der Waals surface area contributed by atoms with Crippen molar-refractivity contribution in [1.82, 2.24) is 0 Å². The molecule has 0 saturated carbocycles. The Kier molecular flexibility index (Phi) is 3.76. The summed E-state index contributed by atoms with van der Waals surface area (Å²) in [7, 11) is 0. The second-order valence-electron chi connectivity index (χ2n) is 2.84. The van der Waals surface area contributed by atoms with Gasteiger partial charge in [-0.1, -0.05) is 0 Å². The molecule has 1 aromatic carbocycles. The van der Waals surface area contributed by atoms with E-state index >= 15 is 0 Å². The number of carbonyl (C=O) groups is 1. The Morgan fingerprint density at radius 2 is 1.88 bits per heavy atom. The van der Waals surface area contributed by atoms with E-state index in [9.17, 15) is 18.0 Å². The highest BCUT2D eigenvalue weighted by atomic mass is 19.4. The highest BCUT2D eigenvalue weighted by Gasteiger charge is 2.29. The molecule has 0 unspecified atom stereocenters. The van der Waals surface area contributed by atoms with Gasteiger partial charge in [0, 0.05) is 5.69 Å². The largest absolute Gasteiger partial charge is 0.449 e. The molecule has 1 rings (SSSR count). The summed E-state index contributed by atoms with van der Waals surface area (Å²) in [6.45, 7) is 3.23. The number of alkyl halides is 3. The van der Waals surface area contributed by atoms with E-state index in [4.69, 9.17) is 0 Å². The van der Waals surface area contributed by atoms with E-state index in [2.05, 4.69) is 17.0 Å². The first kappa shape index (κ1) is 12.4. The van der Waals surface area contributed by atoms with E-state index in [0.29, 0.717) is 0 Å². The van der Waals surface area contributed by atoms with Crippen molar-refractivity contribution in [3.63, 3.8) is 0 Å². The maximum atomic E-state index is 12.2. The van der Waals surface area contributed by atoms with E-state index in [1.54, 1.807) is 0 Å². The van der Waals surface area contributed by atoms with Crippen molar-refractivity contribution in [3.05, 3.63) is 36.8 Å². The van der Waals surface area contributed by atoms with Gasteiger partial charge in [0.1, 0.15) is 0 Å². The fourth-order valence-corrected chi connectivity index (χ4v) is 0.989. The first-order chi connectivity index (χ1) is 7.43. The fourth-order valence-electron chi connectivity index (χ4n) is 0.989. The Balaban J connectivity index is 2.69. The molecule has 0 aromatic heterocycles. The topological polar surface area (TPSA) is 38.3 Å². The number of nitrogens with one attached hydrogen (secondary N) is 1. The second-order valence-corrected chi connectivity index (χ2v) is 2.84. The van der Waals surface area contributed by atoms with Crippen molar-refractivity contribution in [2.45, 2.75) is 6.18 Å². The van der Waals surface area contributed by atoms with Gasteiger partial charge in [-0.2, -0.15) is 13.2 Å². The standard InChI is InChI=1S/C10H9F3NO2/c1-2-16-9(15)14-8-5-3-7(4-6-8)10(11,12)13/h3-6H,1-2H2,(H,14,15). The minimum absolute atomic E-state index is 0.0491. The first-order valence-electron chi connectivity index (χ1n) is 4.34. The van der Waals surface area contributed by atoms with Crippen LogP contribution in [-0.4, -0.2) is 12.7 Å². The molecule has 3 nitrogen and oxygen atoms in total. The molecule has 0 aliphatic heterocycles. The number of ether oxygens (including phenoxy) is 1. The molecule has 1 aromatic rings. The number of benzene rings is 1. The molecule has 0 fully saturated rings. The summed E-state index contributed by atoms with van der Waals surface area (Å²) in [5.41, 5.74) is -0.546. The number of amides is 1. The van der Waals surface area contributed by atoms with Crippen LogP contribution >= 0.6 is 0 Å². The Morgan fingerprint density at radius 1 is 1.31 bits per heavy atom. The zero-order valence-electron chi connectivity index (χ0n) is 8.17. The molecule has 6 heteroatoms. The van der Waals surface area contributed by atoms with Crippen molar-refractivity contribution < 1.29 is 22.7 Å². The Hall–Kier alpha value is -1.72. The minimum Gasteiger partial charge on any atom is -0.449 e. The van der Waals surface area contributed by atoms with Crippen LogP contribution in [0.2, 0.25) is 0 Å². The molecule has 0 spiro atoms. The van der Waals surface area contributed by atoms with Crippen LogP contribution in [-0.2, 0) is 10.9 Å². The molecule has 0 heterocycles. The lowest BCUT2D eigenvalue weighted by Gasteiger charge is -2.08. The molecular formula is C10H9F3NO2. The summed E-state index contributed by atoms with van der Waals surface area (Å²) in [6.07, 6.45) is -5.14. The molecule has 0 aliphatic rings. The fraction of sp³-hybridized carbons (Fsp3) is 0.200. The monoisotopic (exact) mass is 232 g/mol. The quantitative estimate of drug-likeness (QED) is 0.850. The first-order valence-corrected chi connectivity index (χ1v) is 4.34. The summed E-state index contributed by atoms with van der Waals surface area (Å²) in [4.78, 5) is 10.9. The van der Waals surface area contributed by atoms with E-state index in [-0.39, 0.29) is 12.3 Å². The molecule has 0 bridgehead atoms. The van der Waals surface area contributed by atoms with Gasteiger partial charge in [-0.15, -0.1) is 0 Å². The van der Waals surface area contributed by atoms with Crippen molar-refractivity contribution in [2.24, 2.45) is 0 Å². The normalized spacial score (nSPS) is 11.0. The summed E-state index contributed by atoms with van der Waals surface area (Å²) >= 11 is 0. The molecule has 87 valence electrons. The maximum absolute atomic E-state index is 12.2. The lowest BCUT2D eigenvalue weighted by Crippen LogP contribution is -2.13. The highest BCUT2D eigenvalue weighted by molar-refractivity contribution is 5.84. The van der Waals surface area contributed by atoms with Crippen molar-refractivity contribution >= 4 is 11.8 Å². The maximum Gasteiger partial charge on any atom is 0.416 e. The molecule has 1 radical (unpaired) electrons. The van der Waals surface area contributed by atoms with Crippen molar-refractivity contribution in [3.8, 4) is 0 Å². The molecule has 0 aliphatic carbocycles. The van der Waals surface area contributed by atoms with Crippen molar-refractivity contribution in [2.75, 3.05) is 11.9 Å². The lowest BCUT2D eigenvalue weighted by molar-refractivity contribution is -0.137. The smallest absolute Gasteiger partial charge is 0.416 e. The lowest BCUT2D eigenvalue weighted by atomic mass is 10.2. The summed E-state index contributed by atoms with van der Waals surface area (Å²) in [6, 6.07) is 4.04. The number of hydrogen-bond acceptors (Lipinski definition) is 2. The van der Waals surface area contributed by atoms with Crippen LogP contribution in [0.25, 0.3) is 0 Å². The Bertz CT molecular complexity index is 359. The van der Waals surface area contributed by atoms with Gasteiger partial charge in [-0.25, -0.2) is 4.79 Å². The van der Waals surface area contributed by atoms with E-state index < -0.39 is 17.8 Å². The minimum atomic E-state index is -4.38. The number of anilines is 1. The van der Waals surface area contributed by atoms with Crippen molar-refractivity contribution in [1.29, 1.82) is 0 Å². The number of rotatable bonds is 2. The van der Waals surface area contributed by atoms with Gasteiger partial charge < -0.3 is 4.74 Å². The average Bonchev–Trinajstić information content (AvgIpc) is 2.17. The second kappa shape index (κ2) is 4.87. The van der Waals surface area contributed by atoms with Gasteiger partial charge in [0.15, 0.2) is 0 Å². The van der Waals surface area contributed by atoms with Crippen LogP contribution < -0.4 is 5.32 Å². The van der Waals surface area contributed by atoms with Gasteiger partial charge in [-0.3, -0.25) is 5.32 Å². The van der Waals surface area contributed by atoms with Crippen LogP contribution in [0.5, 0.6) is 0 Å². The molecule has 0 atom stereocenters. The number of hydrogen-bond donors (Lipinski definition) is 1. The predicted molar refractivity (Wildman–Crippen MR) is 51.8 cm³/mol. The number of halogens is 3. The van der Waals surface area contributed by atoms with Crippen LogP contribution in [0.4, 0.5) is 23.7 Å². The van der Waals surface area contributed by atoms with Gasteiger partial charge in [0.05, 0.1) is 12.2 Å². The van der Waals surface area contributed by atoms with Gasteiger partial charge >= 0.3 is 12.3 Å². The summed E-state index contributed by atoms with van der Waals surface area (Å²) < 4.78 is 41.0. The Morgan fingerprint density at radius 3 is 2.31 bits per heavy atom. The van der Waals surface area contributed by atoms with Gasteiger partial charge in [0.25, 0.3) is 0 Å². The molecular weight excluding hydrogens is 223 g/mol. The zero-order chi connectivity index (χ0) is 12.2. The molecule has 1 N–H and O–H groups in total. The molecule has 1 amide bonds. The predicted octanol–water partition coefficient (Wildman–Crippen LogP) is 3.09. The zero-order valence-corrected chi connectivity index (χ0v) is 8.17. The van der Waals surface area contributed by atoms with E-state index in [0.717, 1.165) is 24.3 Å². The SMILES string of the molecule is [CH2]COC(=O)Nc1ccc(C(F)(F)F)cc1. The van der Waals surface area contributed by atoms with Crippen LogP contribution in [0.3, 0.4) is 0 Å². The highest BCUT2D eigenvalue weighted by Crippen LogP contribution is 2.29. The third-order valence-corrected chi connectivity index (χ3v) is 1.69. The molecule has 16 heavy (non-hydrogen) atoms. The third-order valence-electron chi connectivity index (χ3n) is 1.69. The van der Waals surface area contributed by atoms with E-state index in [1.165, 1.54) is 0 Å². The van der Waals surface area contributed by atoms with Crippen LogP contribution in [0, 0.1) is 6.92 Å². The van der Waals surface area contributed by atoms with Gasteiger partial charge in [0.2, 0.25) is 0 Å². The van der Waals surface area contributed by atoms with Gasteiger partial charge in [-0.05, 0) is 31.2 Å². The van der Waals surface area contributed by atoms with Crippen LogP contribution in [0.1, 0.15) is 5.56 Å². The van der Waals surface area contributed by atoms with Crippen LogP contribution in [0.15, 0.2) is 24.3 Å². The Labute approximate surface area is 90.2 Å². The average molecular weight is 232 g/mol. The van der Waals surface area contributed by atoms with E-state index in [1.807, 2.05) is 0 Å². The summed E-state index contributed by atoms with van der Waals surface area (Å²) in [5.74, 6) is 0. The summed E-state index contributed by atoms with van der Waals surface area (Å²) in [5, 5.41) is 2.25. The number of carbonyl (C=O) groups excluding carboxylic acids is 1. The third kappa shape index (κ3) is 3.45. The molecule has 0 saturated heterocycles.